The molecule has 1 aliphatic heterocycles. The molecule has 5 nitrogen and oxygen atoms in total. The van der Waals surface area contributed by atoms with E-state index in [0.29, 0.717) is 18.9 Å². The van der Waals surface area contributed by atoms with Crippen molar-refractivity contribution in [1.82, 2.24) is 4.90 Å². The van der Waals surface area contributed by atoms with Crippen molar-refractivity contribution in [1.29, 1.82) is 0 Å². The Morgan fingerprint density at radius 3 is 3.11 bits per heavy atom. The fraction of sp³-hybridized carbons (Fsp3) is 0.571. The number of aromatic hydroxyl groups is 1. The third-order valence-electron chi connectivity index (χ3n) is 3.22. The molecule has 1 heterocycles. The minimum absolute atomic E-state index is 0.122. The SMILES string of the molecule is CCOc1cc(CN2CCOC(CN)C2)ccc1O. The molecule has 1 aromatic carbocycles. The van der Waals surface area contributed by atoms with Gasteiger partial charge in [0.05, 0.1) is 19.3 Å². The number of hydrogen-bond acceptors (Lipinski definition) is 5. The largest absolute Gasteiger partial charge is 0.504 e. The van der Waals surface area contributed by atoms with E-state index in [-0.39, 0.29) is 11.9 Å². The summed E-state index contributed by atoms with van der Waals surface area (Å²) in [5.74, 6) is 0.732. The van der Waals surface area contributed by atoms with Crippen LogP contribution in [0.25, 0.3) is 0 Å². The van der Waals surface area contributed by atoms with E-state index in [1.54, 1.807) is 6.07 Å². The van der Waals surface area contributed by atoms with Gasteiger partial charge in [0.25, 0.3) is 0 Å². The summed E-state index contributed by atoms with van der Waals surface area (Å²) < 4.78 is 10.9. The summed E-state index contributed by atoms with van der Waals surface area (Å²) in [6.45, 7) is 6.29. The highest BCUT2D eigenvalue weighted by Crippen LogP contribution is 2.27. The molecule has 0 aromatic heterocycles. The molecule has 3 N–H and O–H groups in total. The van der Waals surface area contributed by atoms with Crippen LogP contribution in [0.2, 0.25) is 0 Å². The zero-order valence-electron chi connectivity index (χ0n) is 11.3. The molecule has 1 aromatic rings. The van der Waals surface area contributed by atoms with Crippen molar-refractivity contribution in [3.8, 4) is 11.5 Å². The topological polar surface area (TPSA) is 68.0 Å². The highest BCUT2D eigenvalue weighted by Gasteiger charge is 2.19. The Hall–Kier alpha value is -1.30. The minimum atomic E-state index is 0.122. The van der Waals surface area contributed by atoms with E-state index in [2.05, 4.69) is 4.90 Å². The summed E-state index contributed by atoms with van der Waals surface area (Å²) in [5, 5.41) is 9.68. The van der Waals surface area contributed by atoms with Crippen molar-refractivity contribution in [3.63, 3.8) is 0 Å². The Kier molecular flexibility index (Phi) is 5.01. The molecule has 1 fully saturated rings. The molecular weight excluding hydrogens is 244 g/mol. The molecule has 1 atom stereocenters. The van der Waals surface area contributed by atoms with Gasteiger partial charge in [0, 0.05) is 26.2 Å². The first-order valence-electron chi connectivity index (χ1n) is 6.71. The van der Waals surface area contributed by atoms with Crippen LogP contribution in [0, 0.1) is 0 Å². The summed E-state index contributed by atoms with van der Waals surface area (Å²) in [5.41, 5.74) is 6.76. The number of nitrogens with zero attached hydrogens (tertiary/aromatic N) is 1. The van der Waals surface area contributed by atoms with Gasteiger partial charge in [-0.1, -0.05) is 6.07 Å². The number of ether oxygens (including phenoxy) is 2. The Morgan fingerprint density at radius 2 is 2.37 bits per heavy atom. The van der Waals surface area contributed by atoms with E-state index in [9.17, 15) is 5.11 Å². The van der Waals surface area contributed by atoms with Crippen LogP contribution in [-0.2, 0) is 11.3 Å². The van der Waals surface area contributed by atoms with Crippen LogP contribution in [0.3, 0.4) is 0 Å². The number of morpholine rings is 1. The first-order chi connectivity index (χ1) is 9.22. The summed E-state index contributed by atoms with van der Waals surface area (Å²) in [6.07, 6.45) is 0.122. The number of phenols is 1. The van der Waals surface area contributed by atoms with Crippen LogP contribution < -0.4 is 10.5 Å². The first-order valence-corrected chi connectivity index (χ1v) is 6.71. The predicted molar refractivity (Wildman–Crippen MR) is 73.3 cm³/mol. The van der Waals surface area contributed by atoms with Crippen LogP contribution in [-0.4, -0.2) is 49.0 Å². The molecule has 0 spiro atoms. The van der Waals surface area contributed by atoms with Gasteiger partial charge in [-0.2, -0.15) is 0 Å². The average molecular weight is 266 g/mol. The van der Waals surface area contributed by atoms with Gasteiger partial charge in [0.2, 0.25) is 0 Å². The number of hydrogen-bond donors (Lipinski definition) is 2. The monoisotopic (exact) mass is 266 g/mol. The van der Waals surface area contributed by atoms with E-state index < -0.39 is 0 Å². The molecule has 1 saturated heterocycles. The molecule has 106 valence electrons. The molecule has 1 unspecified atom stereocenters. The smallest absolute Gasteiger partial charge is 0.161 e. The standard InChI is InChI=1S/C14H22N2O3/c1-2-18-14-7-11(3-4-13(14)17)9-16-5-6-19-12(8-15)10-16/h3-4,7,12,17H,2,5-6,8-10,15H2,1H3. The van der Waals surface area contributed by atoms with Gasteiger partial charge in [0.1, 0.15) is 0 Å². The maximum atomic E-state index is 9.68. The number of nitrogens with two attached hydrogens (primary N) is 1. The van der Waals surface area contributed by atoms with Crippen molar-refractivity contribution < 1.29 is 14.6 Å². The lowest BCUT2D eigenvalue weighted by Gasteiger charge is -2.32. The van der Waals surface area contributed by atoms with E-state index >= 15 is 0 Å². The van der Waals surface area contributed by atoms with Crippen LogP contribution in [0.5, 0.6) is 11.5 Å². The molecule has 0 saturated carbocycles. The second-order valence-electron chi connectivity index (χ2n) is 4.70. The highest BCUT2D eigenvalue weighted by atomic mass is 16.5. The molecule has 0 aliphatic carbocycles. The number of benzene rings is 1. The average Bonchev–Trinajstić information content (AvgIpc) is 2.43. The van der Waals surface area contributed by atoms with Crippen LogP contribution in [0.4, 0.5) is 0 Å². The van der Waals surface area contributed by atoms with Gasteiger partial charge >= 0.3 is 0 Å². The Balaban J connectivity index is 2.00. The molecule has 0 amide bonds. The molecule has 2 rings (SSSR count). The van der Waals surface area contributed by atoms with Crippen molar-refractivity contribution in [2.24, 2.45) is 5.73 Å². The van der Waals surface area contributed by atoms with Crippen molar-refractivity contribution >= 4 is 0 Å². The lowest BCUT2D eigenvalue weighted by atomic mass is 10.1. The van der Waals surface area contributed by atoms with Crippen LogP contribution in [0.15, 0.2) is 18.2 Å². The summed E-state index contributed by atoms with van der Waals surface area (Å²) in [6, 6.07) is 5.50. The van der Waals surface area contributed by atoms with Crippen molar-refractivity contribution in [2.75, 3.05) is 32.8 Å². The minimum Gasteiger partial charge on any atom is -0.504 e. The molecule has 5 heteroatoms. The second-order valence-corrected chi connectivity index (χ2v) is 4.70. The Morgan fingerprint density at radius 1 is 1.53 bits per heavy atom. The lowest BCUT2D eigenvalue weighted by Crippen LogP contribution is -2.45. The maximum absolute atomic E-state index is 9.68. The predicted octanol–water partition coefficient (Wildman–Crippen LogP) is 0.950. The van der Waals surface area contributed by atoms with Gasteiger partial charge < -0.3 is 20.3 Å². The summed E-state index contributed by atoms with van der Waals surface area (Å²) in [4.78, 5) is 2.31. The number of rotatable bonds is 5. The quantitative estimate of drug-likeness (QED) is 0.830. The number of phenolic OH excluding ortho intramolecular Hbond substituents is 1. The van der Waals surface area contributed by atoms with E-state index in [1.807, 2.05) is 19.1 Å². The zero-order chi connectivity index (χ0) is 13.7. The fourth-order valence-corrected chi connectivity index (χ4v) is 2.25. The Labute approximate surface area is 113 Å². The van der Waals surface area contributed by atoms with Crippen molar-refractivity contribution in [2.45, 2.75) is 19.6 Å². The van der Waals surface area contributed by atoms with E-state index in [0.717, 1.165) is 31.8 Å². The Bertz CT molecular complexity index is 412. The molecule has 0 bridgehead atoms. The van der Waals surface area contributed by atoms with Crippen molar-refractivity contribution in [3.05, 3.63) is 23.8 Å². The zero-order valence-corrected chi connectivity index (χ0v) is 11.3. The van der Waals surface area contributed by atoms with Gasteiger partial charge in [-0.3, -0.25) is 4.90 Å². The van der Waals surface area contributed by atoms with Crippen LogP contribution in [0.1, 0.15) is 12.5 Å². The van der Waals surface area contributed by atoms with Gasteiger partial charge in [-0.15, -0.1) is 0 Å². The fourth-order valence-electron chi connectivity index (χ4n) is 2.25. The third-order valence-corrected chi connectivity index (χ3v) is 3.22. The molecule has 1 aliphatic rings. The highest BCUT2D eigenvalue weighted by molar-refractivity contribution is 5.41. The lowest BCUT2D eigenvalue weighted by molar-refractivity contribution is -0.0260. The van der Waals surface area contributed by atoms with E-state index in [4.69, 9.17) is 15.2 Å². The van der Waals surface area contributed by atoms with Gasteiger partial charge in [-0.05, 0) is 24.6 Å². The molecule has 0 radical (unpaired) electrons. The van der Waals surface area contributed by atoms with E-state index in [1.165, 1.54) is 0 Å². The second kappa shape index (κ2) is 6.75. The summed E-state index contributed by atoms with van der Waals surface area (Å²) in [7, 11) is 0. The molecular formula is C14H22N2O3. The summed E-state index contributed by atoms with van der Waals surface area (Å²) >= 11 is 0. The normalized spacial score (nSPS) is 20.4. The van der Waals surface area contributed by atoms with Gasteiger partial charge in [-0.25, -0.2) is 0 Å². The van der Waals surface area contributed by atoms with Crippen LogP contribution >= 0.6 is 0 Å². The molecule has 19 heavy (non-hydrogen) atoms. The third kappa shape index (κ3) is 3.83. The van der Waals surface area contributed by atoms with Gasteiger partial charge in [0.15, 0.2) is 11.5 Å². The maximum Gasteiger partial charge on any atom is 0.161 e. The first kappa shape index (κ1) is 14.1.